The molecule has 0 bridgehead atoms. The summed E-state index contributed by atoms with van der Waals surface area (Å²) in [5.41, 5.74) is -0.336. The Labute approximate surface area is 232 Å². The second kappa shape index (κ2) is 17.3. The Hall–Kier alpha value is -0.663. The zero-order chi connectivity index (χ0) is 30.9. The summed E-state index contributed by atoms with van der Waals surface area (Å²) in [5, 5.41) is 3.08. The van der Waals surface area contributed by atoms with Crippen LogP contribution in [0.1, 0.15) is 100 Å². The molecule has 0 aliphatic heterocycles. The van der Waals surface area contributed by atoms with Crippen LogP contribution in [-0.4, -0.2) is 70.7 Å². The van der Waals surface area contributed by atoms with Crippen molar-refractivity contribution in [3.63, 3.8) is 0 Å². The third-order valence-electron chi connectivity index (χ3n) is 5.70. The number of hydrogen-bond donors (Lipinski definition) is 1. The van der Waals surface area contributed by atoms with Gasteiger partial charge >= 0.3 is 47.9 Å². The normalized spacial score (nSPS) is 15.8. The number of quaternary nitrogens is 1. The number of carbonyl (C=O) groups excluding carboxylic acids is 1. The molecule has 240 valence electrons. The van der Waals surface area contributed by atoms with Gasteiger partial charge < -0.3 is 23.3 Å². The Morgan fingerprint density at radius 1 is 0.718 bits per heavy atom. The Kier molecular flexibility index (Phi) is 18.0. The summed E-state index contributed by atoms with van der Waals surface area (Å²) >= 11 is 0. The minimum atomic E-state index is -10.7. The van der Waals surface area contributed by atoms with Gasteiger partial charge in [0.05, 0.1) is 19.6 Å². The Bertz CT molecular complexity index is 627. The quantitative estimate of drug-likeness (QED) is 0.0483. The van der Waals surface area contributed by atoms with Gasteiger partial charge in [-0.15, -0.1) is 0 Å². The third kappa shape index (κ3) is 20.0. The van der Waals surface area contributed by atoms with Crippen LogP contribution in [0.15, 0.2) is 0 Å². The number of ether oxygens (including phenoxy) is 1. The summed E-state index contributed by atoms with van der Waals surface area (Å²) in [6.07, 6.45) is 5.80. The molecule has 0 radical (unpaired) electrons. The Balaban J connectivity index is 0. The van der Waals surface area contributed by atoms with Crippen molar-refractivity contribution in [2.45, 2.75) is 112 Å². The number of alkyl carbamates (subject to hydrolysis) is 1. The number of carbonyl (C=O) groups is 1. The molecule has 1 amide bonds. The molecule has 0 rings (SSSR count). The second-order valence-electron chi connectivity index (χ2n) is 9.61. The van der Waals surface area contributed by atoms with Crippen molar-refractivity contribution in [2.75, 3.05) is 39.5 Å². The number of nitrogens with zero attached hydrogens (tertiary/aromatic N) is 1. The molecule has 2 unspecified atom stereocenters. The van der Waals surface area contributed by atoms with E-state index in [0.717, 1.165) is 62.6 Å². The zero-order valence-electron chi connectivity index (χ0n) is 25.1. The van der Waals surface area contributed by atoms with Crippen molar-refractivity contribution >= 4 is 22.7 Å². The van der Waals surface area contributed by atoms with E-state index in [2.05, 4.69) is 46.9 Å². The summed E-state index contributed by atoms with van der Waals surface area (Å²) < 4.78 is 84.7. The van der Waals surface area contributed by atoms with Crippen LogP contribution in [0.25, 0.3) is 0 Å². The fraction of sp³-hybridized carbons (Fsp3) is 0.958. The van der Waals surface area contributed by atoms with E-state index in [0.29, 0.717) is 26.2 Å². The summed E-state index contributed by atoms with van der Waals surface area (Å²) in [6, 6.07) is 0. The SMILES string of the molecule is CCCO[Si](OCCC)(OCCC)C(CC)NC(=O)OC(C)[N+](CCC)(CCC)CCC.F[P-](F)(F)(F)(F)F. The molecule has 1 N–H and O–H groups in total. The van der Waals surface area contributed by atoms with Crippen LogP contribution in [0, 0.1) is 0 Å². The standard InChI is InChI=1S/C24H52N2O5Si.F6P/c1-9-16-26(17-10-2,18-11-3)22(8)31-24(27)25-23(15-7)32(28-19-12-4,29-20-13-5)30-21-14-6;1-7(2,3,4,5)6/h22-23H,9-21H2,1-8H3;/q;-1/p+1. The number of nitrogens with one attached hydrogen (secondary N) is 1. The van der Waals surface area contributed by atoms with Gasteiger partial charge in [-0.2, -0.15) is 0 Å². The minimum absolute atomic E-state index is 0.215. The average molecular weight is 623 g/mol. The van der Waals surface area contributed by atoms with Gasteiger partial charge in [0, 0.05) is 26.7 Å². The molecular weight excluding hydrogens is 569 g/mol. The van der Waals surface area contributed by atoms with Crippen LogP contribution < -0.4 is 5.32 Å². The van der Waals surface area contributed by atoms with Crippen molar-refractivity contribution in [1.82, 2.24) is 5.32 Å². The summed E-state index contributed by atoms with van der Waals surface area (Å²) in [7, 11) is -13.8. The Morgan fingerprint density at radius 3 is 1.31 bits per heavy atom. The number of hydrogen-bond acceptors (Lipinski definition) is 5. The maximum absolute atomic E-state index is 13.1. The number of rotatable bonds is 20. The van der Waals surface area contributed by atoms with E-state index < -0.39 is 22.7 Å². The zero-order valence-corrected chi connectivity index (χ0v) is 26.9. The fourth-order valence-electron chi connectivity index (χ4n) is 4.26. The van der Waals surface area contributed by atoms with Crippen LogP contribution in [0.5, 0.6) is 0 Å². The van der Waals surface area contributed by atoms with E-state index in [9.17, 15) is 30.0 Å². The first kappa shape index (κ1) is 40.5. The molecular formula is C24H53F6N2O5PSi. The van der Waals surface area contributed by atoms with Gasteiger partial charge in [-0.3, -0.25) is 4.48 Å². The van der Waals surface area contributed by atoms with Crippen LogP contribution in [0.4, 0.5) is 30.0 Å². The predicted octanol–water partition coefficient (Wildman–Crippen LogP) is 9.02. The second-order valence-corrected chi connectivity index (χ2v) is 14.3. The van der Waals surface area contributed by atoms with E-state index in [1.165, 1.54) is 0 Å². The molecule has 0 saturated carbocycles. The van der Waals surface area contributed by atoms with Gasteiger partial charge in [-0.05, 0) is 44.9 Å². The summed E-state index contributed by atoms with van der Waals surface area (Å²) in [4.78, 5) is 13.1. The summed E-state index contributed by atoms with van der Waals surface area (Å²) in [6.45, 7) is 21.5. The van der Waals surface area contributed by atoms with E-state index in [-0.39, 0.29) is 11.9 Å². The van der Waals surface area contributed by atoms with Crippen LogP contribution in [-0.2, 0) is 18.0 Å². The van der Waals surface area contributed by atoms with Crippen molar-refractivity contribution in [2.24, 2.45) is 0 Å². The molecule has 0 aromatic carbocycles. The fourth-order valence-corrected chi connectivity index (χ4v) is 7.37. The molecule has 0 fully saturated rings. The van der Waals surface area contributed by atoms with Gasteiger partial charge in [-0.1, -0.05) is 48.5 Å². The molecule has 7 nitrogen and oxygen atoms in total. The first-order valence-corrected chi connectivity index (χ1v) is 17.9. The first-order chi connectivity index (χ1) is 17.8. The molecule has 0 aliphatic carbocycles. The van der Waals surface area contributed by atoms with Crippen LogP contribution >= 0.6 is 7.81 Å². The predicted molar refractivity (Wildman–Crippen MR) is 147 cm³/mol. The van der Waals surface area contributed by atoms with E-state index in [1.54, 1.807) is 0 Å². The first-order valence-electron chi connectivity index (χ1n) is 14.1. The van der Waals surface area contributed by atoms with Crippen molar-refractivity contribution in [3.8, 4) is 0 Å². The van der Waals surface area contributed by atoms with Crippen LogP contribution in [0.2, 0.25) is 0 Å². The maximum atomic E-state index is 13.1. The molecule has 39 heavy (non-hydrogen) atoms. The molecule has 0 aliphatic rings. The third-order valence-corrected chi connectivity index (χ3v) is 8.93. The van der Waals surface area contributed by atoms with Crippen molar-refractivity contribution in [1.29, 1.82) is 0 Å². The molecule has 2 atom stereocenters. The van der Waals surface area contributed by atoms with Crippen molar-refractivity contribution in [3.05, 3.63) is 0 Å². The monoisotopic (exact) mass is 622 g/mol. The van der Waals surface area contributed by atoms with Gasteiger partial charge in [-0.25, -0.2) is 4.79 Å². The van der Waals surface area contributed by atoms with E-state index in [4.69, 9.17) is 18.0 Å². The number of halogens is 6. The average Bonchev–Trinajstić information content (AvgIpc) is 2.81. The topological polar surface area (TPSA) is 66.0 Å². The van der Waals surface area contributed by atoms with Gasteiger partial charge in [0.1, 0.15) is 5.67 Å². The Morgan fingerprint density at radius 2 is 1.05 bits per heavy atom. The van der Waals surface area contributed by atoms with Gasteiger partial charge in [0.15, 0.2) is 0 Å². The van der Waals surface area contributed by atoms with Gasteiger partial charge in [0.25, 0.3) is 0 Å². The molecule has 0 aromatic heterocycles. The molecule has 0 aromatic rings. The van der Waals surface area contributed by atoms with Gasteiger partial charge in [0.2, 0.25) is 6.23 Å². The summed E-state index contributed by atoms with van der Waals surface area (Å²) in [5.74, 6) is 0. The molecule has 0 heterocycles. The molecule has 0 spiro atoms. The molecule has 0 saturated heterocycles. The van der Waals surface area contributed by atoms with E-state index in [1.807, 2.05) is 13.8 Å². The number of amides is 1. The molecule has 15 heteroatoms. The van der Waals surface area contributed by atoms with Crippen molar-refractivity contribution < 1.29 is 52.5 Å². The van der Waals surface area contributed by atoms with Crippen LogP contribution in [0.3, 0.4) is 0 Å². The van der Waals surface area contributed by atoms with E-state index >= 15 is 0 Å².